The summed E-state index contributed by atoms with van der Waals surface area (Å²) < 4.78 is 10.8. The fourth-order valence-electron chi connectivity index (χ4n) is 2.57. The zero-order valence-corrected chi connectivity index (χ0v) is 13.7. The monoisotopic (exact) mass is 306 g/mol. The zero-order valence-electron chi connectivity index (χ0n) is 13.7. The van der Waals surface area contributed by atoms with Crippen LogP contribution in [0, 0.1) is 5.92 Å². The molecule has 0 unspecified atom stereocenters. The Hall–Kier alpha value is -1.75. The minimum absolute atomic E-state index is 0.00532. The third-order valence-corrected chi connectivity index (χ3v) is 4.04. The van der Waals surface area contributed by atoms with Crippen molar-refractivity contribution in [3.8, 4) is 11.5 Å². The molecule has 1 N–H and O–H groups in total. The Morgan fingerprint density at radius 1 is 1.27 bits per heavy atom. The molecule has 1 aliphatic rings. The second-order valence-corrected chi connectivity index (χ2v) is 5.97. The smallest absolute Gasteiger partial charge is 0.223 e. The molecule has 1 fully saturated rings. The number of likely N-dealkylation sites (tertiary alicyclic amines) is 1. The van der Waals surface area contributed by atoms with Crippen molar-refractivity contribution in [3.05, 3.63) is 24.3 Å². The van der Waals surface area contributed by atoms with Gasteiger partial charge in [0.25, 0.3) is 0 Å². The number of amides is 1. The highest BCUT2D eigenvalue weighted by Gasteiger charge is 2.24. The maximum Gasteiger partial charge on any atom is 0.223 e. The van der Waals surface area contributed by atoms with Crippen molar-refractivity contribution in [1.82, 2.24) is 10.2 Å². The minimum Gasteiger partial charge on any atom is -0.497 e. The van der Waals surface area contributed by atoms with Crippen molar-refractivity contribution in [2.45, 2.75) is 25.8 Å². The molecule has 1 amide bonds. The molecule has 1 saturated heterocycles. The topological polar surface area (TPSA) is 50.8 Å². The van der Waals surface area contributed by atoms with Gasteiger partial charge in [-0.1, -0.05) is 0 Å². The fourth-order valence-corrected chi connectivity index (χ4v) is 2.57. The predicted octanol–water partition coefficient (Wildman–Crippen LogP) is 1.92. The number of hydrogen-bond donors (Lipinski definition) is 1. The largest absolute Gasteiger partial charge is 0.497 e. The molecular weight excluding hydrogens is 280 g/mol. The van der Waals surface area contributed by atoms with Gasteiger partial charge in [-0.25, -0.2) is 0 Å². The Labute approximate surface area is 132 Å². The van der Waals surface area contributed by atoms with Crippen molar-refractivity contribution < 1.29 is 14.3 Å². The van der Waals surface area contributed by atoms with Gasteiger partial charge in [0.15, 0.2) is 0 Å². The summed E-state index contributed by atoms with van der Waals surface area (Å²) in [4.78, 5) is 14.5. The van der Waals surface area contributed by atoms with Crippen molar-refractivity contribution >= 4 is 5.91 Å². The van der Waals surface area contributed by atoms with Gasteiger partial charge < -0.3 is 19.7 Å². The third-order valence-electron chi connectivity index (χ3n) is 4.04. The molecule has 5 heteroatoms. The number of nitrogens with one attached hydrogen (secondary N) is 1. The van der Waals surface area contributed by atoms with Gasteiger partial charge in [-0.3, -0.25) is 4.79 Å². The van der Waals surface area contributed by atoms with Crippen LogP contribution < -0.4 is 14.8 Å². The van der Waals surface area contributed by atoms with E-state index in [1.54, 1.807) is 7.11 Å². The van der Waals surface area contributed by atoms with Crippen molar-refractivity contribution in [2.75, 3.05) is 33.9 Å². The first-order chi connectivity index (χ1) is 10.6. The predicted molar refractivity (Wildman–Crippen MR) is 86.3 cm³/mol. The van der Waals surface area contributed by atoms with Gasteiger partial charge >= 0.3 is 0 Å². The standard InChI is InChI=1S/C17H26N2O3/c1-13(12-22-16-6-4-15(21-3)5-7-16)18-17(20)14-8-10-19(2)11-9-14/h4-7,13-14H,8-12H2,1-3H3,(H,18,20)/t13-/m0/s1. The molecule has 0 saturated carbocycles. The van der Waals surface area contributed by atoms with Crippen LogP contribution in [0.1, 0.15) is 19.8 Å². The third kappa shape index (κ3) is 4.91. The van der Waals surface area contributed by atoms with Crippen LogP contribution >= 0.6 is 0 Å². The van der Waals surface area contributed by atoms with Crippen LogP contribution in [0.2, 0.25) is 0 Å². The summed E-state index contributed by atoms with van der Waals surface area (Å²) in [6, 6.07) is 7.44. The molecule has 122 valence electrons. The van der Waals surface area contributed by atoms with Gasteiger partial charge in [-0.05, 0) is 64.2 Å². The minimum atomic E-state index is -0.00532. The number of piperidine rings is 1. The molecule has 5 nitrogen and oxygen atoms in total. The van der Waals surface area contributed by atoms with Gasteiger partial charge in [0, 0.05) is 5.92 Å². The van der Waals surface area contributed by atoms with E-state index in [4.69, 9.17) is 9.47 Å². The lowest BCUT2D eigenvalue weighted by Gasteiger charge is -2.29. The Kier molecular flexibility index (Phi) is 6.07. The first-order valence-electron chi connectivity index (χ1n) is 7.84. The maximum absolute atomic E-state index is 12.2. The lowest BCUT2D eigenvalue weighted by molar-refractivity contribution is -0.127. The normalized spacial score (nSPS) is 17.8. The number of carbonyl (C=O) groups is 1. The average molecular weight is 306 g/mol. The van der Waals surface area contributed by atoms with Gasteiger partial charge in [-0.2, -0.15) is 0 Å². The van der Waals surface area contributed by atoms with Crippen LogP contribution in [0.4, 0.5) is 0 Å². The van der Waals surface area contributed by atoms with E-state index < -0.39 is 0 Å². The van der Waals surface area contributed by atoms with E-state index in [1.165, 1.54) is 0 Å². The second-order valence-electron chi connectivity index (χ2n) is 5.97. The van der Waals surface area contributed by atoms with Crippen molar-refractivity contribution in [1.29, 1.82) is 0 Å². The average Bonchev–Trinajstić information content (AvgIpc) is 2.54. The van der Waals surface area contributed by atoms with Crippen molar-refractivity contribution in [2.24, 2.45) is 5.92 Å². The highest BCUT2D eigenvalue weighted by Crippen LogP contribution is 2.18. The molecule has 0 radical (unpaired) electrons. The number of methoxy groups -OCH3 is 1. The Morgan fingerprint density at radius 2 is 1.86 bits per heavy atom. The van der Waals surface area contributed by atoms with Crippen LogP contribution in [0.15, 0.2) is 24.3 Å². The molecule has 1 atom stereocenters. The SMILES string of the molecule is COc1ccc(OC[C@H](C)NC(=O)C2CCN(C)CC2)cc1. The van der Waals surface area contributed by atoms with Gasteiger partial charge in [0.1, 0.15) is 18.1 Å². The van der Waals surface area contributed by atoms with E-state index in [2.05, 4.69) is 17.3 Å². The summed E-state index contributed by atoms with van der Waals surface area (Å²) in [7, 11) is 3.73. The van der Waals surface area contributed by atoms with E-state index in [0.717, 1.165) is 37.4 Å². The van der Waals surface area contributed by atoms with Crippen LogP contribution in [0.25, 0.3) is 0 Å². The summed E-state index contributed by atoms with van der Waals surface area (Å²) in [6.07, 6.45) is 1.88. The van der Waals surface area contributed by atoms with Gasteiger partial charge in [0.05, 0.1) is 13.2 Å². The maximum atomic E-state index is 12.2. The van der Waals surface area contributed by atoms with Crippen LogP contribution in [0.5, 0.6) is 11.5 Å². The molecule has 1 aromatic rings. The van der Waals surface area contributed by atoms with Crippen LogP contribution in [0.3, 0.4) is 0 Å². The van der Waals surface area contributed by atoms with E-state index in [0.29, 0.717) is 6.61 Å². The molecule has 22 heavy (non-hydrogen) atoms. The van der Waals surface area contributed by atoms with E-state index >= 15 is 0 Å². The molecular formula is C17H26N2O3. The Morgan fingerprint density at radius 3 is 2.45 bits per heavy atom. The summed E-state index contributed by atoms with van der Waals surface area (Å²) in [5, 5.41) is 3.05. The van der Waals surface area contributed by atoms with Crippen LogP contribution in [-0.2, 0) is 4.79 Å². The summed E-state index contributed by atoms with van der Waals surface area (Å²) in [5.41, 5.74) is 0. The number of nitrogens with zero attached hydrogens (tertiary/aromatic N) is 1. The summed E-state index contributed by atoms with van der Waals surface area (Å²) in [5.74, 6) is 1.87. The number of hydrogen-bond acceptors (Lipinski definition) is 4. The highest BCUT2D eigenvalue weighted by molar-refractivity contribution is 5.79. The zero-order chi connectivity index (χ0) is 15.9. The highest BCUT2D eigenvalue weighted by atomic mass is 16.5. The molecule has 1 heterocycles. The lowest BCUT2D eigenvalue weighted by Crippen LogP contribution is -2.43. The van der Waals surface area contributed by atoms with Crippen molar-refractivity contribution in [3.63, 3.8) is 0 Å². The van der Waals surface area contributed by atoms with Gasteiger partial charge in [-0.15, -0.1) is 0 Å². The Bertz CT molecular complexity index is 467. The number of ether oxygens (including phenoxy) is 2. The molecule has 0 aliphatic carbocycles. The van der Waals surface area contributed by atoms with E-state index in [1.807, 2.05) is 31.2 Å². The summed E-state index contributed by atoms with van der Waals surface area (Å²) in [6.45, 7) is 4.42. The first kappa shape index (κ1) is 16.6. The molecule has 1 aliphatic heterocycles. The van der Waals surface area contributed by atoms with Crippen LogP contribution in [-0.4, -0.2) is 50.7 Å². The fraction of sp³-hybridized carbons (Fsp3) is 0.588. The molecule has 2 rings (SSSR count). The number of benzene rings is 1. The molecule has 0 spiro atoms. The second kappa shape index (κ2) is 8.03. The van der Waals surface area contributed by atoms with E-state index in [-0.39, 0.29) is 17.9 Å². The lowest BCUT2D eigenvalue weighted by atomic mass is 9.96. The molecule has 0 aromatic heterocycles. The first-order valence-corrected chi connectivity index (χ1v) is 7.84. The van der Waals surface area contributed by atoms with E-state index in [9.17, 15) is 4.79 Å². The number of carbonyl (C=O) groups excluding carboxylic acids is 1. The van der Waals surface area contributed by atoms with Gasteiger partial charge in [0.2, 0.25) is 5.91 Å². The summed E-state index contributed by atoms with van der Waals surface area (Å²) >= 11 is 0. The quantitative estimate of drug-likeness (QED) is 0.872. The number of rotatable bonds is 6. The molecule has 0 bridgehead atoms. The molecule has 1 aromatic carbocycles. The Balaban J connectivity index is 1.72.